The molecule has 2 aliphatic carbocycles. The van der Waals surface area contributed by atoms with Crippen molar-refractivity contribution in [3.05, 3.63) is 71.3 Å². The Balaban J connectivity index is 1.29. The number of unbranched alkanes of at least 4 members (excludes halogenated alkanes) is 2. The van der Waals surface area contributed by atoms with E-state index in [1.54, 1.807) is 0 Å². The Morgan fingerprint density at radius 2 is 1.42 bits per heavy atom. The summed E-state index contributed by atoms with van der Waals surface area (Å²) in [6.07, 6.45) is 18.5. The van der Waals surface area contributed by atoms with E-state index in [4.69, 9.17) is 0 Å². The summed E-state index contributed by atoms with van der Waals surface area (Å²) >= 11 is 0. The van der Waals surface area contributed by atoms with Gasteiger partial charge < -0.3 is 0 Å². The van der Waals surface area contributed by atoms with Crippen molar-refractivity contribution in [1.82, 2.24) is 0 Å². The minimum absolute atomic E-state index is 0.908. The van der Waals surface area contributed by atoms with Crippen molar-refractivity contribution in [1.29, 1.82) is 0 Å². The molecule has 1 atom stereocenters. The Kier molecular flexibility index (Phi) is 8.88. The van der Waals surface area contributed by atoms with Gasteiger partial charge in [-0.05, 0) is 97.1 Å². The average molecular weight is 439 g/mol. The number of hydrogen-bond acceptors (Lipinski definition) is 0. The summed E-state index contributed by atoms with van der Waals surface area (Å²) < 4.78 is 0. The predicted octanol–water partition coefficient (Wildman–Crippen LogP) is 9.38. The molecule has 174 valence electrons. The fourth-order valence-corrected chi connectivity index (χ4v) is 5.81. The van der Waals surface area contributed by atoms with Crippen LogP contribution in [0, 0.1) is 29.6 Å². The van der Waals surface area contributed by atoms with Gasteiger partial charge in [-0.1, -0.05) is 100 Å². The van der Waals surface area contributed by atoms with E-state index in [-0.39, 0.29) is 0 Å². The molecule has 0 amide bonds. The number of hydrogen-bond donors (Lipinski definition) is 0. The maximum Gasteiger partial charge on any atom is 0.0249 e. The smallest absolute Gasteiger partial charge is 0.0249 e. The summed E-state index contributed by atoms with van der Waals surface area (Å²) in [4.78, 5) is 0. The number of aryl methyl sites for hydroxylation is 1. The lowest BCUT2D eigenvalue weighted by molar-refractivity contribution is 0.190. The van der Waals surface area contributed by atoms with E-state index in [1.165, 1.54) is 99.3 Å². The monoisotopic (exact) mass is 438 g/mol. The van der Waals surface area contributed by atoms with Gasteiger partial charge in [0.15, 0.2) is 0 Å². The number of benzene rings is 2. The van der Waals surface area contributed by atoms with Gasteiger partial charge in [0.05, 0.1) is 0 Å². The quantitative estimate of drug-likeness (QED) is 0.298. The molecule has 2 aromatic rings. The van der Waals surface area contributed by atoms with E-state index in [0.29, 0.717) is 0 Å². The van der Waals surface area contributed by atoms with Crippen LogP contribution in [0.2, 0.25) is 0 Å². The second-order valence-electron chi connectivity index (χ2n) is 10.4. The molecule has 0 radical (unpaired) electrons. The van der Waals surface area contributed by atoms with Crippen LogP contribution in [0.5, 0.6) is 0 Å². The van der Waals surface area contributed by atoms with Crippen molar-refractivity contribution < 1.29 is 0 Å². The first-order valence-corrected chi connectivity index (χ1v) is 13.7. The molecule has 1 saturated carbocycles. The lowest BCUT2D eigenvalue weighted by Gasteiger charge is -2.34. The van der Waals surface area contributed by atoms with Gasteiger partial charge in [0.2, 0.25) is 0 Å². The van der Waals surface area contributed by atoms with Crippen molar-refractivity contribution in [3.8, 4) is 23.0 Å². The van der Waals surface area contributed by atoms with Crippen LogP contribution < -0.4 is 0 Å². The topological polar surface area (TPSA) is 0 Å². The molecule has 0 spiro atoms. The van der Waals surface area contributed by atoms with Crippen LogP contribution >= 0.6 is 0 Å². The van der Waals surface area contributed by atoms with Crippen LogP contribution in [0.4, 0.5) is 0 Å². The van der Waals surface area contributed by atoms with Crippen molar-refractivity contribution in [2.75, 3.05) is 0 Å². The maximum absolute atomic E-state index is 3.48. The normalized spacial score (nSPS) is 22.8. The second kappa shape index (κ2) is 12.3. The van der Waals surface area contributed by atoms with Gasteiger partial charge >= 0.3 is 0 Å². The summed E-state index contributed by atoms with van der Waals surface area (Å²) in [5.74, 6) is 9.78. The zero-order chi connectivity index (χ0) is 22.9. The van der Waals surface area contributed by atoms with E-state index in [9.17, 15) is 0 Å². The molecule has 2 aliphatic rings. The van der Waals surface area contributed by atoms with Gasteiger partial charge in [0, 0.05) is 5.56 Å². The Labute approximate surface area is 202 Å². The van der Waals surface area contributed by atoms with Gasteiger partial charge in [-0.25, -0.2) is 0 Å². The molecule has 0 N–H and O–H groups in total. The number of allylic oxidation sites excluding steroid dienone is 2. The lowest BCUT2D eigenvalue weighted by atomic mass is 9.71. The van der Waals surface area contributed by atoms with Crippen LogP contribution in [-0.4, -0.2) is 0 Å². The summed E-state index contributed by atoms with van der Waals surface area (Å²) in [5, 5.41) is 0. The average Bonchev–Trinajstić information content (AvgIpc) is 2.89. The molecule has 0 heterocycles. The van der Waals surface area contributed by atoms with Crippen molar-refractivity contribution in [2.45, 2.75) is 90.9 Å². The standard InChI is InChI=1S/C33H42/c1-3-5-6-7-27-12-20-31(21-13-27)33-24-16-29(17-25-33)9-8-28-14-22-32(23-15-28)30-18-10-26(4-2)11-19-30/h12-14,16-17,20-21,24-26,30,32H,3-7,10-11,15,18-19,22-23H2,1-2H3. The largest absolute Gasteiger partial charge is 0.0726 e. The van der Waals surface area contributed by atoms with Gasteiger partial charge in [0.25, 0.3) is 0 Å². The third-order valence-corrected chi connectivity index (χ3v) is 8.20. The Morgan fingerprint density at radius 3 is 2.03 bits per heavy atom. The molecule has 1 unspecified atom stereocenters. The zero-order valence-electron chi connectivity index (χ0n) is 20.9. The third kappa shape index (κ3) is 6.86. The molecule has 0 nitrogen and oxygen atoms in total. The Bertz CT molecular complexity index is 940. The van der Waals surface area contributed by atoms with Gasteiger partial charge in [0.1, 0.15) is 0 Å². The van der Waals surface area contributed by atoms with E-state index >= 15 is 0 Å². The van der Waals surface area contributed by atoms with Crippen molar-refractivity contribution in [2.24, 2.45) is 17.8 Å². The summed E-state index contributed by atoms with van der Waals surface area (Å²) in [6.45, 7) is 4.62. The minimum atomic E-state index is 0.908. The molecule has 4 rings (SSSR count). The summed E-state index contributed by atoms with van der Waals surface area (Å²) in [7, 11) is 0. The van der Waals surface area contributed by atoms with E-state index in [1.807, 2.05) is 0 Å². The molecule has 0 aliphatic heterocycles. The predicted molar refractivity (Wildman–Crippen MR) is 143 cm³/mol. The highest BCUT2D eigenvalue weighted by Crippen LogP contribution is 2.40. The molecule has 0 heteroatoms. The maximum atomic E-state index is 3.48. The van der Waals surface area contributed by atoms with Crippen LogP contribution in [0.15, 0.2) is 60.2 Å². The molecule has 0 saturated heterocycles. The van der Waals surface area contributed by atoms with E-state index in [2.05, 4.69) is 80.3 Å². The molecule has 2 aromatic carbocycles. The highest BCUT2D eigenvalue weighted by Gasteiger charge is 2.27. The molecular weight excluding hydrogens is 396 g/mol. The first kappa shape index (κ1) is 23.9. The minimum Gasteiger partial charge on any atom is -0.0726 e. The molecule has 33 heavy (non-hydrogen) atoms. The van der Waals surface area contributed by atoms with Crippen LogP contribution in [0.1, 0.15) is 95.6 Å². The molecule has 1 fully saturated rings. The van der Waals surface area contributed by atoms with E-state index < -0.39 is 0 Å². The molecular formula is C33H42. The molecule has 0 aromatic heterocycles. The highest BCUT2D eigenvalue weighted by molar-refractivity contribution is 5.64. The first-order chi connectivity index (χ1) is 16.2. The second-order valence-corrected chi connectivity index (χ2v) is 10.4. The summed E-state index contributed by atoms with van der Waals surface area (Å²) in [6, 6.07) is 17.9. The first-order valence-electron chi connectivity index (χ1n) is 13.7. The van der Waals surface area contributed by atoms with Gasteiger partial charge in [-0.2, -0.15) is 0 Å². The zero-order valence-corrected chi connectivity index (χ0v) is 20.9. The Morgan fingerprint density at radius 1 is 0.727 bits per heavy atom. The summed E-state index contributed by atoms with van der Waals surface area (Å²) in [5.41, 5.74) is 6.50. The van der Waals surface area contributed by atoms with Crippen LogP contribution in [-0.2, 0) is 6.42 Å². The Hall–Kier alpha value is -2.26. The fraction of sp³-hybridized carbons (Fsp3) is 0.515. The highest BCUT2D eigenvalue weighted by atomic mass is 14.3. The number of rotatable bonds is 7. The fourth-order valence-electron chi connectivity index (χ4n) is 5.81. The SMILES string of the molecule is CCCCCc1ccc(-c2ccc(C#CC3=CCC(C4CCC(CC)CC4)CC3)cc2)cc1. The lowest BCUT2D eigenvalue weighted by Crippen LogP contribution is -2.22. The van der Waals surface area contributed by atoms with Gasteiger partial charge in [-0.3, -0.25) is 0 Å². The van der Waals surface area contributed by atoms with Crippen LogP contribution in [0.3, 0.4) is 0 Å². The van der Waals surface area contributed by atoms with Gasteiger partial charge in [-0.15, -0.1) is 0 Å². The molecule has 0 bridgehead atoms. The van der Waals surface area contributed by atoms with Crippen molar-refractivity contribution in [3.63, 3.8) is 0 Å². The van der Waals surface area contributed by atoms with Crippen molar-refractivity contribution >= 4 is 0 Å². The third-order valence-electron chi connectivity index (χ3n) is 8.20. The van der Waals surface area contributed by atoms with Crippen LogP contribution in [0.25, 0.3) is 11.1 Å². The van der Waals surface area contributed by atoms with E-state index in [0.717, 1.165) is 23.3 Å².